The molecule has 0 aliphatic carbocycles. The standard InChI is InChI=1S/C16H22N2O4/c1-16(7-9-18(10-8-16)14(20)11-19)17-15(21)22-12-13-5-3-2-4-6-13/h2-6,19H,7-12H2,1H3,(H,17,21). The maximum absolute atomic E-state index is 11.9. The highest BCUT2D eigenvalue weighted by molar-refractivity contribution is 5.77. The molecule has 6 nitrogen and oxygen atoms in total. The minimum absolute atomic E-state index is 0.234. The van der Waals surface area contributed by atoms with E-state index in [2.05, 4.69) is 5.32 Å². The van der Waals surface area contributed by atoms with Crippen LogP contribution in [0.1, 0.15) is 25.3 Å². The number of ether oxygens (including phenoxy) is 1. The molecule has 120 valence electrons. The van der Waals surface area contributed by atoms with Gasteiger partial charge >= 0.3 is 6.09 Å². The molecule has 1 aliphatic rings. The second-order valence-electron chi connectivity index (χ2n) is 5.79. The Balaban J connectivity index is 1.78. The second kappa shape index (κ2) is 7.26. The zero-order chi connectivity index (χ0) is 16.0. The number of hydrogen-bond acceptors (Lipinski definition) is 4. The van der Waals surface area contributed by atoms with Gasteiger partial charge in [0.2, 0.25) is 5.91 Å². The number of piperidine rings is 1. The maximum atomic E-state index is 11.9. The number of carbonyl (C=O) groups excluding carboxylic acids is 2. The Labute approximate surface area is 130 Å². The van der Waals surface area contributed by atoms with Gasteiger partial charge in [-0.05, 0) is 25.3 Å². The van der Waals surface area contributed by atoms with Crippen molar-refractivity contribution in [1.82, 2.24) is 10.2 Å². The van der Waals surface area contributed by atoms with Gasteiger partial charge in [0.15, 0.2) is 0 Å². The average Bonchev–Trinajstić information content (AvgIpc) is 2.53. The summed E-state index contributed by atoms with van der Waals surface area (Å²) in [4.78, 5) is 24.9. The molecular formula is C16H22N2O4. The minimum Gasteiger partial charge on any atom is -0.445 e. The summed E-state index contributed by atoms with van der Waals surface area (Å²) >= 11 is 0. The van der Waals surface area contributed by atoms with Gasteiger partial charge in [0, 0.05) is 18.6 Å². The van der Waals surface area contributed by atoms with E-state index < -0.39 is 12.7 Å². The van der Waals surface area contributed by atoms with Crippen molar-refractivity contribution in [2.24, 2.45) is 0 Å². The van der Waals surface area contributed by atoms with Crippen LogP contribution < -0.4 is 5.32 Å². The van der Waals surface area contributed by atoms with E-state index in [0.717, 1.165) is 5.56 Å². The number of aliphatic hydroxyl groups excluding tert-OH is 1. The van der Waals surface area contributed by atoms with Crippen molar-refractivity contribution in [3.8, 4) is 0 Å². The van der Waals surface area contributed by atoms with Gasteiger partial charge in [0.05, 0.1) is 0 Å². The summed E-state index contributed by atoms with van der Waals surface area (Å²) < 4.78 is 5.22. The molecule has 0 bridgehead atoms. The Bertz CT molecular complexity index is 510. The molecule has 1 heterocycles. The third-order valence-corrected chi connectivity index (χ3v) is 3.97. The van der Waals surface area contributed by atoms with Crippen LogP contribution in [-0.4, -0.2) is 47.2 Å². The van der Waals surface area contributed by atoms with Crippen LogP contribution in [0.3, 0.4) is 0 Å². The van der Waals surface area contributed by atoms with E-state index in [1.165, 1.54) is 0 Å². The van der Waals surface area contributed by atoms with E-state index in [1.807, 2.05) is 37.3 Å². The number of alkyl carbamates (subject to hydrolysis) is 1. The topological polar surface area (TPSA) is 78.9 Å². The second-order valence-corrected chi connectivity index (χ2v) is 5.79. The Kier molecular flexibility index (Phi) is 5.38. The SMILES string of the molecule is CC1(NC(=O)OCc2ccccc2)CCN(C(=O)CO)CC1. The van der Waals surface area contributed by atoms with E-state index in [4.69, 9.17) is 9.84 Å². The average molecular weight is 306 g/mol. The Morgan fingerprint density at radius 1 is 1.27 bits per heavy atom. The molecule has 0 saturated carbocycles. The summed E-state index contributed by atoms with van der Waals surface area (Å²) in [5, 5.41) is 11.7. The first-order valence-corrected chi connectivity index (χ1v) is 7.40. The number of amides is 2. The van der Waals surface area contributed by atoms with Crippen molar-refractivity contribution in [3.05, 3.63) is 35.9 Å². The summed E-state index contributed by atoms with van der Waals surface area (Å²) in [7, 11) is 0. The highest BCUT2D eigenvalue weighted by Gasteiger charge is 2.33. The Morgan fingerprint density at radius 2 is 1.91 bits per heavy atom. The molecule has 22 heavy (non-hydrogen) atoms. The molecular weight excluding hydrogens is 284 g/mol. The predicted molar refractivity (Wildman–Crippen MR) is 81.1 cm³/mol. The van der Waals surface area contributed by atoms with E-state index in [-0.39, 0.29) is 18.1 Å². The van der Waals surface area contributed by atoms with Gasteiger partial charge in [-0.2, -0.15) is 0 Å². The fourth-order valence-electron chi connectivity index (χ4n) is 2.48. The lowest BCUT2D eigenvalue weighted by atomic mass is 9.90. The fraction of sp³-hybridized carbons (Fsp3) is 0.500. The Hall–Kier alpha value is -2.08. The molecule has 0 unspecified atom stereocenters. The molecule has 1 saturated heterocycles. The highest BCUT2D eigenvalue weighted by atomic mass is 16.5. The normalized spacial score (nSPS) is 16.9. The number of carbonyl (C=O) groups is 2. The van der Waals surface area contributed by atoms with Crippen molar-refractivity contribution in [2.45, 2.75) is 31.9 Å². The molecule has 0 aromatic heterocycles. The van der Waals surface area contributed by atoms with Gasteiger partial charge in [-0.3, -0.25) is 4.79 Å². The lowest BCUT2D eigenvalue weighted by molar-refractivity contribution is -0.135. The van der Waals surface area contributed by atoms with Gasteiger partial charge in [-0.1, -0.05) is 30.3 Å². The first-order valence-electron chi connectivity index (χ1n) is 7.40. The van der Waals surface area contributed by atoms with E-state index in [9.17, 15) is 9.59 Å². The van der Waals surface area contributed by atoms with Crippen molar-refractivity contribution in [2.75, 3.05) is 19.7 Å². The van der Waals surface area contributed by atoms with E-state index in [1.54, 1.807) is 4.90 Å². The zero-order valence-corrected chi connectivity index (χ0v) is 12.7. The lowest BCUT2D eigenvalue weighted by Gasteiger charge is -2.39. The molecule has 1 aliphatic heterocycles. The van der Waals surface area contributed by atoms with Gasteiger partial charge in [0.25, 0.3) is 0 Å². The molecule has 0 spiro atoms. The highest BCUT2D eigenvalue weighted by Crippen LogP contribution is 2.22. The number of aliphatic hydroxyl groups is 1. The number of hydrogen-bond donors (Lipinski definition) is 2. The van der Waals surface area contributed by atoms with Crippen molar-refractivity contribution in [1.29, 1.82) is 0 Å². The summed E-state index contributed by atoms with van der Waals surface area (Å²) in [5.41, 5.74) is 0.547. The monoisotopic (exact) mass is 306 g/mol. The fourth-order valence-corrected chi connectivity index (χ4v) is 2.48. The summed E-state index contributed by atoms with van der Waals surface area (Å²) in [6.45, 7) is 2.75. The molecule has 1 aromatic rings. The van der Waals surface area contributed by atoms with E-state index >= 15 is 0 Å². The van der Waals surface area contributed by atoms with Crippen molar-refractivity contribution in [3.63, 3.8) is 0 Å². The quantitative estimate of drug-likeness (QED) is 0.878. The van der Waals surface area contributed by atoms with Gasteiger partial charge in [-0.25, -0.2) is 4.79 Å². The summed E-state index contributed by atoms with van der Waals surface area (Å²) in [6.07, 6.45) is 0.825. The zero-order valence-electron chi connectivity index (χ0n) is 12.7. The molecule has 2 rings (SSSR count). The molecule has 0 radical (unpaired) electrons. The first-order chi connectivity index (χ1) is 10.5. The third kappa shape index (κ3) is 4.46. The van der Waals surface area contributed by atoms with Gasteiger partial charge in [0.1, 0.15) is 13.2 Å². The minimum atomic E-state index is -0.469. The largest absolute Gasteiger partial charge is 0.445 e. The number of benzene rings is 1. The lowest BCUT2D eigenvalue weighted by Crippen LogP contribution is -2.54. The summed E-state index contributed by atoms with van der Waals surface area (Å²) in [6, 6.07) is 9.49. The molecule has 1 aromatic carbocycles. The van der Waals surface area contributed by atoms with Crippen LogP contribution in [0.4, 0.5) is 4.79 Å². The van der Waals surface area contributed by atoms with Crippen LogP contribution in [0, 0.1) is 0 Å². The van der Waals surface area contributed by atoms with Gasteiger partial charge < -0.3 is 20.1 Å². The van der Waals surface area contributed by atoms with Gasteiger partial charge in [-0.15, -0.1) is 0 Å². The number of nitrogens with one attached hydrogen (secondary N) is 1. The van der Waals surface area contributed by atoms with Crippen LogP contribution in [-0.2, 0) is 16.1 Å². The molecule has 1 fully saturated rings. The van der Waals surface area contributed by atoms with Crippen LogP contribution in [0.5, 0.6) is 0 Å². The maximum Gasteiger partial charge on any atom is 0.407 e. The third-order valence-electron chi connectivity index (χ3n) is 3.97. The van der Waals surface area contributed by atoms with Crippen LogP contribution in [0.25, 0.3) is 0 Å². The smallest absolute Gasteiger partial charge is 0.407 e. The molecule has 2 N–H and O–H groups in total. The van der Waals surface area contributed by atoms with Crippen molar-refractivity contribution < 1.29 is 19.4 Å². The van der Waals surface area contributed by atoms with Crippen LogP contribution >= 0.6 is 0 Å². The Morgan fingerprint density at radius 3 is 2.50 bits per heavy atom. The number of rotatable bonds is 4. The molecule has 6 heteroatoms. The van der Waals surface area contributed by atoms with E-state index in [0.29, 0.717) is 25.9 Å². The number of likely N-dealkylation sites (tertiary alicyclic amines) is 1. The number of nitrogens with zero attached hydrogens (tertiary/aromatic N) is 1. The molecule has 2 amide bonds. The predicted octanol–water partition coefficient (Wildman–Crippen LogP) is 1.29. The summed E-state index contributed by atoms with van der Waals surface area (Å²) in [5.74, 6) is -0.270. The van der Waals surface area contributed by atoms with Crippen LogP contribution in [0.2, 0.25) is 0 Å². The van der Waals surface area contributed by atoms with Crippen LogP contribution in [0.15, 0.2) is 30.3 Å². The first kappa shape index (κ1) is 16.3. The van der Waals surface area contributed by atoms with Crippen molar-refractivity contribution >= 4 is 12.0 Å². The molecule has 0 atom stereocenters.